The number of nitrogens with one attached hydrogen (secondary N) is 1. The molecule has 0 unspecified atom stereocenters. The summed E-state index contributed by atoms with van der Waals surface area (Å²) in [7, 11) is 0. The fraction of sp³-hybridized carbons (Fsp3) is 0.286. The summed E-state index contributed by atoms with van der Waals surface area (Å²) in [5, 5.41) is 11.6. The van der Waals surface area contributed by atoms with Gasteiger partial charge in [0.05, 0.1) is 43.3 Å². The lowest BCUT2D eigenvalue weighted by atomic mass is 10.1. The van der Waals surface area contributed by atoms with Crippen molar-refractivity contribution in [3.05, 3.63) is 66.0 Å². The van der Waals surface area contributed by atoms with Gasteiger partial charge in [0.2, 0.25) is 5.91 Å². The summed E-state index contributed by atoms with van der Waals surface area (Å²) in [6.45, 7) is 3.23. The average molecular weight is 378 g/mol. The first-order valence-corrected chi connectivity index (χ1v) is 9.34. The number of para-hydroxylation sites is 1. The number of fused-ring (bicyclic) bond motifs is 1. The minimum Gasteiger partial charge on any atom is -0.490 e. The van der Waals surface area contributed by atoms with Gasteiger partial charge in [0.15, 0.2) is 11.5 Å². The van der Waals surface area contributed by atoms with Crippen LogP contribution in [-0.2, 0) is 11.2 Å². The van der Waals surface area contributed by atoms with Crippen molar-refractivity contribution in [1.82, 2.24) is 20.3 Å². The second-order valence-electron chi connectivity index (χ2n) is 6.68. The molecule has 0 spiro atoms. The number of aromatic nitrogens is 3. The van der Waals surface area contributed by atoms with Gasteiger partial charge < -0.3 is 14.8 Å². The molecule has 0 radical (unpaired) electrons. The summed E-state index contributed by atoms with van der Waals surface area (Å²) in [6, 6.07) is 15.2. The molecule has 0 bridgehead atoms. The van der Waals surface area contributed by atoms with Gasteiger partial charge in [0.1, 0.15) is 0 Å². The Kier molecular flexibility index (Phi) is 5.23. The number of carbonyl (C=O) groups is 1. The van der Waals surface area contributed by atoms with Crippen molar-refractivity contribution in [2.24, 2.45) is 0 Å². The Bertz CT molecular complexity index is 955. The Labute approximate surface area is 163 Å². The third-order valence-corrected chi connectivity index (χ3v) is 4.52. The Morgan fingerprint density at radius 2 is 1.93 bits per heavy atom. The van der Waals surface area contributed by atoms with Gasteiger partial charge in [0, 0.05) is 6.42 Å². The van der Waals surface area contributed by atoms with Crippen LogP contribution in [-0.4, -0.2) is 34.1 Å². The normalized spacial score (nSPS) is 14.2. The molecule has 7 nitrogen and oxygen atoms in total. The van der Waals surface area contributed by atoms with E-state index in [-0.39, 0.29) is 18.4 Å². The molecule has 2 aromatic carbocycles. The minimum atomic E-state index is -0.158. The molecule has 1 aliphatic rings. The summed E-state index contributed by atoms with van der Waals surface area (Å²) in [5.74, 6) is 1.36. The van der Waals surface area contributed by atoms with Gasteiger partial charge in [-0.1, -0.05) is 24.3 Å². The molecule has 2 heterocycles. The van der Waals surface area contributed by atoms with Gasteiger partial charge in [-0.05, 0) is 36.8 Å². The maximum Gasteiger partial charge on any atom is 0.226 e. The molecule has 144 valence electrons. The predicted molar refractivity (Wildman–Crippen MR) is 104 cm³/mol. The molecule has 1 aromatic heterocycles. The van der Waals surface area contributed by atoms with Gasteiger partial charge in [-0.25, -0.2) is 0 Å². The summed E-state index contributed by atoms with van der Waals surface area (Å²) < 4.78 is 11.4. The quantitative estimate of drug-likeness (QED) is 0.739. The topological polar surface area (TPSA) is 78.3 Å². The van der Waals surface area contributed by atoms with Crippen molar-refractivity contribution >= 4 is 5.91 Å². The van der Waals surface area contributed by atoms with Gasteiger partial charge in [-0.3, -0.25) is 4.79 Å². The monoisotopic (exact) mass is 378 g/mol. The molecule has 1 aliphatic heterocycles. The third-order valence-electron chi connectivity index (χ3n) is 4.52. The fourth-order valence-electron chi connectivity index (χ4n) is 3.05. The minimum absolute atomic E-state index is 0.111. The summed E-state index contributed by atoms with van der Waals surface area (Å²) >= 11 is 0. The van der Waals surface area contributed by atoms with E-state index in [1.807, 2.05) is 55.5 Å². The Morgan fingerprint density at radius 1 is 1.14 bits per heavy atom. The van der Waals surface area contributed by atoms with E-state index in [0.29, 0.717) is 18.9 Å². The number of hydrogen-bond acceptors (Lipinski definition) is 5. The lowest BCUT2D eigenvalue weighted by molar-refractivity contribution is -0.121. The molecule has 7 heteroatoms. The first-order chi connectivity index (χ1) is 13.7. The maximum absolute atomic E-state index is 12.4. The number of hydrogen-bond donors (Lipinski definition) is 1. The zero-order valence-electron chi connectivity index (χ0n) is 15.7. The molecule has 28 heavy (non-hydrogen) atoms. The third kappa shape index (κ3) is 4.14. The van der Waals surface area contributed by atoms with Crippen molar-refractivity contribution in [2.45, 2.75) is 25.8 Å². The van der Waals surface area contributed by atoms with E-state index in [2.05, 4.69) is 15.5 Å². The summed E-state index contributed by atoms with van der Waals surface area (Å²) in [4.78, 5) is 14.0. The second kappa shape index (κ2) is 8.12. The molecule has 3 aromatic rings. The molecule has 0 saturated carbocycles. The van der Waals surface area contributed by atoms with Crippen molar-refractivity contribution < 1.29 is 14.3 Å². The molecule has 1 amide bonds. The molecule has 4 rings (SSSR count). The lowest BCUT2D eigenvalue weighted by Gasteiger charge is -2.16. The Morgan fingerprint density at radius 3 is 2.75 bits per heavy atom. The Balaban J connectivity index is 1.39. The van der Waals surface area contributed by atoms with E-state index in [9.17, 15) is 4.79 Å². The van der Waals surface area contributed by atoms with Gasteiger partial charge in [-0.2, -0.15) is 15.0 Å². The zero-order chi connectivity index (χ0) is 19.3. The number of rotatable bonds is 5. The fourth-order valence-corrected chi connectivity index (χ4v) is 3.05. The van der Waals surface area contributed by atoms with Gasteiger partial charge >= 0.3 is 0 Å². The van der Waals surface area contributed by atoms with Gasteiger partial charge in [0.25, 0.3) is 0 Å². The van der Waals surface area contributed by atoms with Crippen molar-refractivity contribution in [3.63, 3.8) is 0 Å². The predicted octanol–water partition coefficient (Wildman–Crippen LogP) is 2.85. The number of benzene rings is 2. The van der Waals surface area contributed by atoms with Crippen LogP contribution in [0, 0.1) is 0 Å². The van der Waals surface area contributed by atoms with E-state index in [1.165, 1.54) is 4.80 Å². The SMILES string of the molecule is C[C@@H](NC(=O)Cc1cnn(-c2ccccc2)n1)c1ccc2c(c1)OCCCO2. The molecule has 0 fully saturated rings. The summed E-state index contributed by atoms with van der Waals surface area (Å²) in [5.41, 5.74) is 2.44. The smallest absolute Gasteiger partial charge is 0.226 e. The highest BCUT2D eigenvalue weighted by Gasteiger charge is 2.16. The highest BCUT2D eigenvalue weighted by Crippen LogP contribution is 2.32. The number of nitrogens with zero attached hydrogens (tertiary/aromatic N) is 3. The zero-order valence-corrected chi connectivity index (χ0v) is 15.7. The first-order valence-electron chi connectivity index (χ1n) is 9.34. The van der Waals surface area contributed by atoms with Crippen molar-refractivity contribution in [3.8, 4) is 17.2 Å². The van der Waals surface area contributed by atoms with Crippen LogP contribution in [0.5, 0.6) is 11.5 Å². The number of amides is 1. The van der Waals surface area contributed by atoms with Crippen molar-refractivity contribution in [1.29, 1.82) is 0 Å². The van der Waals surface area contributed by atoms with Crippen LogP contribution in [0.15, 0.2) is 54.7 Å². The van der Waals surface area contributed by atoms with Gasteiger partial charge in [-0.15, -0.1) is 0 Å². The molecule has 0 saturated heterocycles. The van der Waals surface area contributed by atoms with Crippen LogP contribution in [0.25, 0.3) is 5.69 Å². The first kappa shape index (κ1) is 18.0. The standard InChI is InChI=1S/C21H22N4O3/c1-15(16-8-9-19-20(12-16)28-11-5-10-27-19)23-21(26)13-17-14-22-25(24-17)18-6-3-2-4-7-18/h2-4,6-9,12,14-15H,5,10-11,13H2,1H3,(H,23,26)/t15-/m1/s1. The lowest BCUT2D eigenvalue weighted by Crippen LogP contribution is -2.28. The molecular weight excluding hydrogens is 356 g/mol. The molecule has 1 atom stereocenters. The van der Waals surface area contributed by atoms with E-state index < -0.39 is 0 Å². The second-order valence-corrected chi connectivity index (χ2v) is 6.68. The van der Waals surface area contributed by atoms with Crippen LogP contribution in [0.4, 0.5) is 0 Å². The van der Waals surface area contributed by atoms with Crippen LogP contribution in [0.3, 0.4) is 0 Å². The van der Waals surface area contributed by atoms with Crippen molar-refractivity contribution in [2.75, 3.05) is 13.2 Å². The van der Waals surface area contributed by atoms with Crippen LogP contribution >= 0.6 is 0 Å². The van der Waals surface area contributed by atoms with Crippen LogP contribution in [0.2, 0.25) is 0 Å². The van der Waals surface area contributed by atoms with E-state index in [4.69, 9.17) is 9.47 Å². The van der Waals surface area contributed by atoms with E-state index in [1.54, 1.807) is 6.20 Å². The largest absolute Gasteiger partial charge is 0.490 e. The highest BCUT2D eigenvalue weighted by atomic mass is 16.5. The van der Waals surface area contributed by atoms with Crippen LogP contribution < -0.4 is 14.8 Å². The maximum atomic E-state index is 12.4. The Hall–Kier alpha value is -3.35. The summed E-state index contributed by atoms with van der Waals surface area (Å²) in [6.07, 6.45) is 2.65. The molecule has 1 N–H and O–H groups in total. The molecule has 0 aliphatic carbocycles. The van der Waals surface area contributed by atoms with Crippen LogP contribution in [0.1, 0.15) is 30.6 Å². The average Bonchev–Trinajstić information content (AvgIpc) is 3.04. The van der Waals surface area contributed by atoms with E-state index in [0.717, 1.165) is 29.2 Å². The van der Waals surface area contributed by atoms with E-state index >= 15 is 0 Å². The highest BCUT2D eigenvalue weighted by molar-refractivity contribution is 5.78. The number of ether oxygens (including phenoxy) is 2. The molecular formula is C21H22N4O3. The number of carbonyl (C=O) groups excluding carboxylic acids is 1.